The smallest absolute Gasteiger partial charge is 0.147 e. The molecule has 0 aliphatic carbocycles. The Balaban J connectivity index is 1.95. The monoisotopic (exact) mass is 252 g/mol. The van der Waals surface area contributed by atoms with Crippen LogP contribution in [0.5, 0.6) is 5.75 Å². The zero-order chi connectivity index (χ0) is 13.2. The van der Waals surface area contributed by atoms with Crippen LogP contribution in [-0.2, 0) is 0 Å². The molecule has 1 aromatic heterocycles. The molecule has 0 unspecified atom stereocenters. The fourth-order valence-corrected chi connectivity index (χ4v) is 1.84. The quantitative estimate of drug-likeness (QED) is 0.372. The van der Waals surface area contributed by atoms with Crippen molar-refractivity contribution >= 4 is 28.5 Å². The third-order valence-electron chi connectivity index (χ3n) is 2.87. The number of H-pyrrole nitrogens is 1. The molecule has 19 heavy (non-hydrogen) atoms. The molecule has 0 atom stereocenters. The summed E-state index contributed by atoms with van der Waals surface area (Å²) in [6.45, 7) is 0. The van der Waals surface area contributed by atoms with Gasteiger partial charge in [-0.25, -0.2) is 0 Å². The number of hydrogen-bond acceptors (Lipinski definition) is 4. The van der Waals surface area contributed by atoms with Crippen LogP contribution in [0.3, 0.4) is 0 Å². The van der Waals surface area contributed by atoms with Gasteiger partial charge >= 0.3 is 0 Å². The molecule has 2 aromatic carbocycles. The van der Waals surface area contributed by atoms with E-state index in [0.29, 0.717) is 11.3 Å². The fraction of sp³-hybridized carbons (Fsp3) is 0. The summed E-state index contributed by atoms with van der Waals surface area (Å²) in [6, 6.07) is 10.9. The van der Waals surface area contributed by atoms with Crippen molar-refractivity contribution in [1.29, 1.82) is 0 Å². The summed E-state index contributed by atoms with van der Waals surface area (Å²) >= 11 is 0. The van der Waals surface area contributed by atoms with Gasteiger partial charge in [-0.15, -0.1) is 0 Å². The minimum absolute atomic E-state index is 0.0515. The van der Waals surface area contributed by atoms with Gasteiger partial charge in [0.05, 0.1) is 23.1 Å². The number of aromatic amines is 1. The van der Waals surface area contributed by atoms with Gasteiger partial charge in [0.15, 0.2) is 0 Å². The number of anilines is 1. The Kier molecular flexibility index (Phi) is 2.64. The number of fused-ring (bicyclic) bond motifs is 1. The number of para-hydroxylation sites is 1. The lowest BCUT2D eigenvalue weighted by molar-refractivity contribution is 0.477. The fourth-order valence-electron chi connectivity index (χ4n) is 1.84. The van der Waals surface area contributed by atoms with Crippen LogP contribution in [-0.4, -0.2) is 21.5 Å². The van der Waals surface area contributed by atoms with Crippen molar-refractivity contribution in [3.63, 3.8) is 0 Å². The number of hydrogen-bond donors (Lipinski definition) is 3. The van der Waals surface area contributed by atoms with Crippen molar-refractivity contribution in [2.45, 2.75) is 0 Å². The normalized spacial score (nSPS) is 11.4. The van der Waals surface area contributed by atoms with Crippen molar-refractivity contribution in [2.75, 3.05) is 5.73 Å². The Morgan fingerprint density at radius 2 is 2.16 bits per heavy atom. The molecule has 0 spiro atoms. The van der Waals surface area contributed by atoms with Gasteiger partial charge in [0.1, 0.15) is 5.75 Å². The maximum Gasteiger partial charge on any atom is 0.147 e. The van der Waals surface area contributed by atoms with Gasteiger partial charge in [-0.2, -0.15) is 5.10 Å². The Morgan fingerprint density at radius 3 is 3.05 bits per heavy atom. The lowest BCUT2D eigenvalue weighted by Crippen LogP contribution is -1.89. The maximum absolute atomic E-state index is 9.78. The first-order valence-electron chi connectivity index (χ1n) is 5.79. The first kappa shape index (κ1) is 11.3. The van der Waals surface area contributed by atoms with E-state index in [9.17, 15) is 5.11 Å². The predicted molar refractivity (Wildman–Crippen MR) is 75.9 cm³/mol. The molecule has 94 valence electrons. The highest BCUT2D eigenvalue weighted by atomic mass is 16.3. The summed E-state index contributed by atoms with van der Waals surface area (Å²) in [5.41, 5.74) is 8.31. The standard InChI is InChI=1S/C14H12N4O/c15-12-3-1-2-9(14(12)19)7-16-11-4-5-13-10(6-11)8-17-18-13/h1-8,19H,15H2,(H,17,18). The van der Waals surface area contributed by atoms with Crippen LogP contribution in [0, 0.1) is 0 Å². The molecular formula is C14H12N4O. The van der Waals surface area contributed by atoms with Crippen LogP contribution in [0.25, 0.3) is 10.9 Å². The first-order chi connectivity index (χ1) is 9.24. The molecule has 0 aliphatic rings. The molecule has 0 saturated carbocycles. The van der Waals surface area contributed by atoms with E-state index in [1.165, 1.54) is 0 Å². The molecule has 3 aromatic rings. The van der Waals surface area contributed by atoms with E-state index in [4.69, 9.17) is 5.73 Å². The summed E-state index contributed by atoms with van der Waals surface area (Å²) in [5, 5.41) is 17.6. The largest absolute Gasteiger partial charge is 0.505 e. The number of aromatic hydroxyl groups is 1. The number of rotatable bonds is 2. The molecule has 5 nitrogen and oxygen atoms in total. The summed E-state index contributed by atoms with van der Waals surface area (Å²) in [4.78, 5) is 4.33. The van der Waals surface area contributed by atoms with Gasteiger partial charge < -0.3 is 10.8 Å². The number of benzene rings is 2. The summed E-state index contributed by atoms with van der Waals surface area (Å²) in [7, 11) is 0. The number of aromatic nitrogens is 2. The minimum atomic E-state index is 0.0515. The van der Waals surface area contributed by atoms with Gasteiger partial charge in [-0.3, -0.25) is 10.1 Å². The van der Waals surface area contributed by atoms with Crippen LogP contribution in [0.1, 0.15) is 5.56 Å². The number of nitrogen functional groups attached to an aromatic ring is 1. The highest BCUT2D eigenvalue weighted by Gasteiger charge is 2.01. The average molecular weight is 252 g/mol. The molecule has 0 fully saturated rings. The molecule has 0 saturated heterocycles. The first-order valence-corrected chi connectivity index (χ1v) is 5.79. The highest BCUT2D eigenvalue weighted by Crippen LogP contribution is 2.24. The van der Waals surface area contributed by atoms with Crippen molar-refractivity contribution in [3.8, 4) is 5.75 Å². The molecule has 0 radical (unpaired) electrons. The van der Waals surface area contributed by atoms with Gasteiger partial charge in [0, 0.05) is 17.2 Å². The van der Waals surface area contributed by atoms with E-state index in [-0.39, 0.29) is 5.75 Å². The summed E-state index contributed by atoms with van der Waals surface area (Å²) in [6.07, 6.45) is 3.33. The van der Waals surface area contributed by atoms with Crippen molar-refractivity contribution < 1.29 is 5.11 Å². The molecule has 3 rings (SSSR count). The maximum atomic E-state index is 9.78. The van der Waals surface area contributed by atoms with Gasteiger partial charge in [-0.1, -0.05) is 6.07 Å². The number of nitrogens with two attached hydrogens (primary N) is 1. The second-order valence-corrected chi connectivity index (χ2v) is 4.18. The van der Waals surface area contributed by atoms with Crippen molar-refractivity contribution in [2.24, 2.45) is 4.99 Å². The molecule has 4 N–H and O–H groups in total. The highest BCUT2D eigenvalue weighted by molar-refractivity contribution is 5.89. The Bertz CT molecular complexity index is 761. The van der Waals surface area contributed by atoms with E-state index in [0.717, 1.165) is 16.6 Å². The van der Waals surface area contributed by atoms with E-state index >= 15 is 0 Å². The molecule has 0 bridgehead atoms. The van der Waals surface area contributed by atoms with Crippen LogP contribution in [0.15, 0.2) is 47.6 Å². The van der Waals surface area contributed by atoms with Crippen LogP contribution < -0.4 is 5.73 Å². The number of phenols is 1. The second-order valence-electron chi connectivity index (χ2n) is 4.18. The van der Waals surface area contributed by atoms with Crippen LogP contribution in [0.4, 0.5) is 11.4 Å². The molecule has 0 amide bonds. The molecule has 5 heteroatoms. The third-order valence-corrected chi connectivity index (χ3v) is 2.87. The van der Waals surface area contributed by atoms with Crippen molar-refractivity contribution in [1.82, 2.24) is 10.2 Å². The predicted octanol–water partition coefficient (Wildman–Crippen LogP) is 2.60. The topological polar surface area (TPSA) is 87.3 Å². The molecule has 0 aliphatic heterocycles. The SMILES string of the molecule is Nc1cccc(C=Nc2ccc3[nH]ncc3c2)c1O. The minimum Gasteiger partial charge on any atom is -0.505 e. The Labute approximate surface area is 109 Å². The number of nitrogens with one attached hydrogen (secondary N) is 1. The van der Waals surface area contributed by atoms with E-state index in [1.54, 1.807) is 30.6 Å². The molecular weight excluding hydrogens is 240 g/mol. The number of nitrogens with zero attached hydrogens (tertiary/aromatic N) is 2. The zero-order valence-electron chi connectivity index (χ0n) is 10.0. The van der Waals surface area contributed by atoms with E-state index < -0.39 is 0 Å². The summed E-state index contributed by atoms with van der Waals surface area (Å²) < 4.78 is 0. The van der Waals surface area contributed by atoms with E-state index in [2.05, 4.69) is 15.2 Å². The van der Waals surface area contributed by atoms with Crippen LogP contribution in [0.2, 0.25) is 0 Å². The second kappa shape index (κ2) is 4.45. The van der Waals surface area contributed by atoms with Gasteiger partial charge in [0.2, 0.25) is 0 Å². The lowest BCUT2D eigenvalue weighted by atomic mass is 10.2. The average Bonchev–Trinajstić information content (AvgIpc) is 2.88. The van der Waals surface area contributed by atoms with Gasteiger partial charge in [0.25, 0.3) is 0 Å². The van der Waals surface area contributed by atoms with Gasteiger partial charge in [-0.05, 0) is 30.3 Å². The third kappa shape index (κ3) is 2.13. The molecule has 1 heterocycles. The lowest BCUT2D eigenvalue weighted by Gasteiger charge is -2.01. The summed E-state index contributed by atoms with van der Waals surface area (Å²) in [5.74, 6) is 0.0515. The Hall–Kier alpha value is -2.82. The zero-order valence-corrected chi connectivity index (χ0v) is 10.0. The Morgan fingerprint density at radius 1 is 1.26 bits per heavy atom. The van der Waals surface area contributed by atoms with Crippen LogP contribution >= 0.6 is 0 Å². The van der Waals surface area contributed by atoms with E-state index in [1.807, 2.05) is 18.2 Å². The number of phenolic OH excluding ortho intramolecular Hbond substituents is 1. The number of aliphatic imine (C=N–C) groups is 1. The van der Waals surface area contributed by atoms with Crippen molar-refractivity contribution in [3.05, 3.63) is 48.2 Å².